The van der Waals surface area contributed by atoms with Gasteiger partial charge in [0.25, 0.3) is 0 Å². The van der Waals surface area contributed by atoms with Crippen molar-refractivity contribution in [1.29, 1.82) is 0 Å². The van der Waals surface area contributed by atoms with Crippen molar-refractivity contribution >= 4 is 0 Å². The van der Waals surface area contributed by atoms with Crippen LogP contribution in [0.25, 0.3) is 0 Å². The summed E-state index contributed by atoms with van der Waals surface area (Å²) in [5.41, 5.74) is 0. The zero-order valence-electron chi connectivity index (χ0n) is 7.30. The molecule has 0 radical (unpaired) electrons. The van der Waals surface area contributed by atoms with Gasteiger partial charge in [0.1, 0.15) is 0 Å². The molecule has 2 aliphatic rings. The molecule has 0 spiro atoms. The molecular weight excluding hydrogens is 140 g/mol. The average molecular weight is 156 g/mol. The molecule has 0 aromatic heterocycles. The van der Waals surface area contributed by atoms with Crippen molar-refractivity contribution in [2.24, 2.45) is 0 Å². The fraction of sp³-hybridized carbons (Fsp3) is 1.00. The molecule has 0 amide bonds. The monoisotopic (exact) mass is 156 g/mol. The van der Waals surface area contributed by atoms with Gasteiger partial charge in [-0.2, -0.15) is 0 Å². The van der Waals surface area contributed by atoms with E-state index in [0.717, 1.165) is 12.8 Å². The molecule has 0 aromatic carbocycles. The number of hydrogen-bond donors (Lipinski definition) is 0. The first kappa shape index (κ1) is 7.56. The van der Waals surface area contributed by atoms with Crippen LogP contribution in [0.15, 0.2) is 0 Å². The topological polar surface area (TPSA) is 18.5 Å². The maximum absolute atomic E-state index is 5.80. The van der Waals surface area contributed by atoms with Crippen molar-refractivity contribution < 1.29 is 9.47 Å². The van der Waals surface area contributed by atoms with Gasteiger partial charge in [-0.3, -0.25) is 0 Å². The van der Waals surface area contributed by atoms with Crippen molar-refractivity contribution in [1.82, 2.24) is 0 Å². The summed E-state index contributed by atoms with van der Waals surface area (Å²) >= 11 is 0. The van der Waals surface area contributed by atoms with E-state index < -0.39 is 0 Å². The van der Waals surface area contributed by atoms with Crippen LogP contribution in [0.1, 0.15) is 39.5 Å². The Morgan fingerprint density at radius 3 is 2.91 bits per heavy atom. The fourth-order valence-corrected chi connectivity index (χ4v) is 2.15. The second-order valence-corrected chi connectivity index (χ2v) is 3.75. The van der Waals surface area contributed by atoms with Crippen LogP contribution in [0.5, 0.6) is 0 Å². The van der Waals surface area contributed by atoms with E-state index in [0.29, 0.717) is 12.2 Å². The maximum Gasteiger partial charge on any atom is 0.166 e. The second kappa shape index (κ2) is 2.46. The van der Waals surface area contributed by atoms with Gasteiger partial charge in [0.05, 0.1) is 12.2 Å². The summed E-state index contributed by atoms with van der Waals surface area (Å²) in [5.74, 6) is -0.233. The molecule has 0 aromatic rings. The van der Waals surface area contributed by atoms with Gasteiger partial charge >= 0.3 is 0 Å². The van der Waals surface area contributed by atoms with E-state index in [9.17, 15) is 0 Å². The molecule has 2 saturated heterocycles. The van der Waals surface area contributed by atoms with E-state index in [1.165, 1.54) is 12.8 Å². The second-order valence-electron chi connectivity index (χ2n) is 3.75. The SMILES string of the molecule is CC[C@H]1O[C@]2(C)CCC[C@@H]1O2. The molecule has 2 bridgehead atoms. The minimum absolute atomic E-state index is 0.233. The van der Waals surface area contributed by atoms with Gasteiger partial charge in [-0.05, 0) is 26.2 Å². The van der Waals surface area contributed by atoms with Crippen LogP contribution in [-0.2, 0) is 9.47 Å². The Balaban J connectivity index is 2.10. The minimum atomic E-state index is -0.233. The summed E-state index contributed by atoms with van der Waals surface area (Å²) in [6.07, 6.45) is 5.35. The van der Waals surface area contributed by atoms with Crippen molar-refractivity contribution in [3.8, 4) is 0 Å². The van der Waals surface area contributed by atoms with Crippen LogP contribution in [-0.4, -0.2) is 18.0 Å². The third kappa shape index (κ3) is 1.18. The first-order chi connectivity index (χ1) is 5.23. The predicted octanol–water partition coefficient (Wildman–Crippen LogP) is 2.08. The van der Waals surface area contributed by atoms with Gasteiger partial charge < -0.3 is 9.47 Å². The highest BCUT2D eigenvalue weighted by Crippen LogP contribution is 2.40. The van der Waals surface area contributed by atoms with Crippen molar-refractivity contribution in [3.05, 3.63) is 0 Å². The quantitative estimate of drug-likeness (QED) is 0.578. The van der Waals surface area contributed by atoms with Gasteiger partial charge in [-0.25, -0.2) is 0 Å². The molecule has 0 unspecified atom stereocenters. The predicted molar refractivity (Wildman–Crippen MR) is 42.3 cm³/mol. The molecule has 64 valence electrons. The lowest BCUT2D eigenvalue weighted by Crippen LogP contribution is -2.30. The van der Waals surface area contributed by atoms with Gasteiger partial charge in [-0.1, -0.05) is 6.92 Å². The summed E-state index contributed by atoms with van der Waals surface area (Å²) in [5, 5.41) is 0. The molecule has 2 fully saturated rings. The van der Waals surface area contributed by atoms with Crippen LogP contribution in [0.3, 0.4) is 0 Å². The molecule has 2 aliphatic heterocycles. The summed E-state index contributed by atoms with van der Waals surface area (Å²) in [4.78, 5) is 0. The van der Waals surface area contributed by atoms with Crippen molar-refractivity contribution in [3.63, 3.8) is 0 Å². The summed E-state index contributed by atoms with van der Waals surface area (Å²) in [7, 11) is 0. The van der Waals surface area contributed by atoms with E-state index >= 15 is 0 Å². The zero-order chi connectivity index (χ0) is 7.90. The van der Waals surface area contributed by atoms with Gasteiger partial charge in [0.2, 0.25) is 0 Å². The molecule has 0 aliphatic carbocycles. The molecule has 2 nitrogen and oxygen atoms in total. The summed E-state index contributed by atoms with van der Waals surface area (Å²) in [6, 6.07) is 0. The smallest absolute Gasteiger partial charge is 0.166 e. The molecule has 0 N–H and O–H groups in total. The lowest BCUT2D eigenvalue weighted by Gasteiger charge is -2.26. The standard InChI is InChI=1S/C9H16O2/c1-3-7-8-5-4-6-9(2,10-7)11-8/h7-8H,3-6H2,1-2H3/t7-,8+,9+/m1/s1. The fourth-order valence-electron chi connectivity index (χ4n) is 2.15. The lowest BCUT2D eigenvalue weighted by atomic mass is 10.0. The molecule has 3 atom stereocenters. The molecule has 11 heavy (non-hydrogen) atoms. The first-order valence-electron chi connectivity index (χ1n) is 4.59. The Hall–Kier alpha value is -0.0800. The first-order valence-corrected chi connectivity index (χ1v) is 4.59. The Kier molecular flexibility index (Phi) is 1.69. The van der Waals surface area contributed by atoms with Gasteiger partial charge in [0.15, 0.2) is 5.79 Å². The third-order valence-electron chi connectivity index (χ3n) is 2.74. The molecule has 2 heterocycles. The van der Waals surface area contributed by atoms with Gasteiger partial charge in [-0.15, -0.1) is 0 Å². The zero-order valence-corrected chi connectivity index (χ0v) is 7.30. The number of ether oxygens (including phenoxy) is 2. The lowest BCUT2D eigenvalue weighted by molar-refractivity contribution is -0.179. The summed E-state index contributed by atoms with van der Waals surface area (Å²) < 4.78 is 11.6. The highest BCUT2D eigenvalue weighted by molar-refractivity contribution is 4.87. The van der Waals surface area contributed by atoms with Crippen LogP contribution in [0.4, 0.5) is 0 Å². The van der Waals surface area contributed by atoms with Crippen molar-refractivity contribution in [2.75, 3.05) is 0 Å². The Morgan fingerprint density at radius 2 is 2.27 bits per heavy atom. The van der Waals surface area contributed by atoms with Crippen LogP contribution in [0, 0.1) is 0 Å². The average Bonchev–Trinajstić information content (AvgIpc) is 2.21. The van der Waals surface area contributed by atoms with E-state index in [2.05, 4.69) is 13.8 Å². The normalized spacial score (nSPS) is 49.6. The third-order valence-corrected chi connectivity index (χ3v) is 2.74. The Morgan fingerprint density at radius 1 is 1.45 bits per heavy atom. The van der Waals surface area contributed by atoms with Crippen LogP contribution >= 0.6 is 0 Å². The molecule has 2 rings (SSSR count). The molecule has 0 saturated carbocycles. The molecule has 2 heteroatoms. The highest BCUT2D eigenvalue weighted by Gasteiger charge is 2.45. The number of rotatable bonds is 1. The molecular formula is C9H16O2. The van der Waals surface area contributed by atoms with Gasteiger partial charge in [0, 0.05) is 6.42 Å². The number of hydrogen-bond acceptors (Lipinski definition) is 2. The Labute approximate surface area is 67.9 Å². The maximum atomic E-state index is 5.80. The van der Waals surface area contributed by atoms with E-state index in [1.807, 2.05) is 0 Å². The highest BCUT2D eigenvalue weighted by atomic mass is 16.8. The Bertz CT molecular complexity index is 158. The van der Waals surface area contributed by atoms with E-state index in [4.69, 9.17) is 9.47 Å². The van der Waals surface area contributed by atoms with Crippen LogP contribution in [0.2, 0.25) is 0 Å². The van der Waals surface area contributed by atoms with E-state index in [1.54, 1.807) is 0 Å². The largest absolute Gasteiger partial charge is 0.344 e. The van der Waals surface area contributed by atoms with E-state index in [-0.39, 0.29) is 5.79 Å². The van der Waals surface area contributed by atoms with Crippen LogP contribution < -0.4 is 0 Å². The number of fused-ring (bicyclic) bond motifs is 2. The summed E-state index contributed by atoms with van der Waals surface area (Å²) in [6.45, 7) is 4.23. The van der Waals surface area contributed by atoms with Crippen molar-refractivity contribution in [2.45, 2.75) is 57.5 Å². The minimum Gasteiger partial charge on any atom is -0.344 e.